The number of rotatable bonds is 1. The summed E-state index contributed by atoms with van der Waals surface area (Å²) in [6.45, 7) is 0. The summed E-state index contributed by atoms with van der Waals surface area (Å²) < 4.78 is 0. The molecule has 2 aromatic rings. The highest BCUT2D eigenvalue weighted by Crippen LogP contribution is 2.18. The van der Waals surface area contributed by atoms with E-state index in [4.69, 9.17) is 17.2 Å². The largest absolute Gasteiger partial charge is 0.399 e. The van der Waals surface area contributed by atoms with Gasteiger partial charge in [-0.3, -0.25) is 4.98 Å². The molecule has 0 aliphatic carbocycles. The average molecular weight is 202 g/mol. The lowest BCUT2D eigenvalue weighted by molar-refractivity contribution is 1.17. The maximum atomic E-state index is 5.63. The quantitative estimate of drug-likeness (QED) is 0.611. The molecule has 76 valence electrons. The third kappa shape index (κ3) is 1.93. The van der Waals surface area contributed by atoms with Gasteiger partial charge in [-0.05, 0) is 12.1 Å². The number of pyridine rings is 1. The number of aromatic nitrogens is 3. The molecule has 6 nitrogen and oxygen atoms in total. The minimum absolute atomic E-state index is 0.120. The molecule has 6 heteroatoms. The number of nitrogens with zero attached hydrogens (tertiary/aromatic N) is 3. The summed E-state index contributed by atoms with van der Waals surface area (Å²) in [5.74, 6) is 0.427. The van der Waals surface area contributed by atoms with Crippen LogP contribution in [0.5, 0.6) is 0 Å². The predicted molar refractivity (Wildman–Crippen MR) is 58.5 cm³/mol. The summed E-state index contributed by atoms with van der Waals surface area (Å²) in [5.41, 5.74) is 18.4. The maximum absolute atomic E-state index is 5.63. The summed E-state index contributed by atoms with van der Waals surface area (Å²) in [6.07, 6.45) is 1.60. The molecule has 0 radical (unpaired) electrons. The lowest BCUT2D eigenvalue weighted by Crippen LogP contribution is -2.01. The van der Waals surface area contributed by atoms with E-state index in [9.17, 15) is 0 Å². The Morgan fingerprint density at radius 3 is 2.40 bits per heavy atom. The van der Waals surface area contributed by atoms with E-state index in [0.29, 0.717) is 22.9 Å². The van der Waals surface area contributed by atoms with Crippen molar-refractivity contribution in [1.82, 2.24) is 15.0 Å². The smallest absolute Gasteiger partial charge is 0.222 e. The van der Waals surface area contributed by atoms with Crippen molar-refractivity contribution in [3.05, 3.63) is 24.4 Å². The van der Waals surface area contributed by atoms with Gasteiger partial charge in [0.15, 0.2) is 0 Å². The van der Waals surface area contributed by atoms with Gasteiger partial charge in [0.05, 0.1) is 11.4 Å². The van der Waals surface area contributed by atoms with Gasteiger partial charge in [0.1, 0.15) is 5.82 Å². The molecule has 0 aliphatic rings. The summed E-state index contributed by atoms with van der Waals surface area (Å²) in [4.78, 5) is 11.9. The standard InChI is InChI=1S/C9H10N6/c10-5-1-2-13-6(3-5)7-4-8(11)15-9(12)14-7/h1-4H,(H2,10,13)(H4,11,12,14,15). The third-order valence-corrected chi connectivity index (χ3v) is 1.81. The molecule has 15 heavy (non-hydrogen) atoms. The third-order valence-electron chi connectivity index (χ3n) is 1.81. The zero-order valence-corrected chi connectivity index (χ0v) is 7.88. The molecular formula is C9H10N6. The van der Waals surface area contributed by atoms with Crippen molar-refractivity contribution in [3.63, 3.8) is 0 Å². The molecule has 0 unspecified atom stereocenters. The molecule has 0 fully saturated rings. The first kappa shape index (κ1) is 9.20. The molecule has 0 bridgehead atoms. The van der Waals surface area contributed by atoms with Crippen molar-refractivity contribution >= 4 is 17.5 Å². The molecule has 6 N–H and O–H groups in total. The fraction of sp³-hybridized carbons (Fsp3) is 0. The van der Waals surface area contributed by atoms with Crippen LogP contribution in [0.2, 0.25) is 0 Å². The molecule has 0 saturated heterocycles. The first-order chi connectivity index (χ1) is 7.15. The van der Waals surface area contributed by atoms with Crippen LogP contribution in [0.1, 0.15) is 0 Å². The Bertz CT molecular complexity index is 475. The van der Waals surface area contributed by atoms with E-state index in [2.05, 4.69) is 15.0 Å². The van der Waals surface area contributed by atoms with E-state index in [1.807, 2.05) is 0 Å². The van der Waals surface area contributed by atoms with Crippen LogP contribution in [-0.4, -0.2) is 15.0 Å². The monoisotopic (exact) mass is 202 g/mol. The second-order valence-electron chi connectivity index (χ2n) is 3.01. The Kier molecular flexibility index (Phi) is 2.09. The molecule has 0 aliphatic heterocycles. The van der Waals surface area contributed by atoms with Gasteiger partial charge in [0.25, 0.3) is 0 Å². The second kappa shape index (κ2) is 3.41. The number of nitrogens with two attached hydrogens (primary N) is 3. The minimum Gasteiger partial charge on any atom is -0.399 e. The van der Waals surface area contributed by atoms with Crippen LogP contribution in [-0.2, 0) is 0 Å². The summed E-state index contributed by atoms with van der Waals surface area (Å²) >= 11 is 0. The van der Waals surface area contributed by atoms with Gasteiger partial charge in [0, 0.05) is 18.0 Å². The number of hydrogen-bond donors (Lipinski definition) is 3. The minimum atomic E-state index is 0.120. The summed E-state index contributed by atoms with van der Waals surface area (Å²) in [5, 5.41) is 0. The van der Waals surface area contributed by atoms with Gasteiger partial charge in [-0.15, -0.1) is 0 Å². The average Bonchev–Trinajstić information content (AvgIpc) is 2.16. The van der Waals surface area contributed by atoms with Gasteiger partial charge < -0.3 is 17.2 Å². The molecule has 2 aromatic heterocycles. The van der Waals surface area contributed by atoms with Gasteiger partial charge in [-0.1, -0.05) is 0 Å². The van der Waals surface area contributed by atoms with Crippen molar-refractivity contribution in [2.45, 2.75) is 0 Å². The van der Waals surface area contributed by atoms with E-state index in [-0.39, 0.29) is 5.95 Å². The normalized spacial score (nSPS) is 10.1. The van der Waals surface area contributed by atoms with E-state index in [0.717, 1.165) is 0 Å². The number of nitrogen functional groups attached to an aromatic ring is 3. The van der Waals surface area contributed by atoms with Crippen LogP contribution >= 0.6 is 0 Å². The summed E-state index contributed by atoms with van der Waals surface area (Å²) in [7, 11) is 0. The lowest BCUT2D eigenvalue weighted by Gasteiger charge is -2.02. The van der Waals surface area contributed by atoms with E-state index < -0.39 is 0 Å². The van der Waals surface area contributed by atoms with Crippen molar-refractivity contribution in [3.8, 4) is 11.4 Å². The Balaban J connectivity index is 2.54. The summed E-state index contributed by atoms with van der Waals surface area (Å²) in [6, 6.07) is 4.98. The first-order valence-corrected chi connectivity index (χ1v) is 4.27. The number of anilines is 3. The van der Waals surface area contributed by atoms with Crippen LogP contribution in [0.3, 0.4) is 0 Å². The molecule has 2 heterocycles. The molecule has 0 saturated carbocycles. The topological polar surface area (TPSA) is 117 Å². The van der Waals surface area contributed by atoms with Crippen molar-refractivity contribution in [1.29, 1.82) is 0 Å². The van der Waals surface area contributed by atoms with Gasteiger partial charge in [-0.25, -0.2) is 4.98 Å². The molecule has 0 amide bonds. The van der Waals surface area contributed by atoms with E-state index >= 15 is 0 Å². The SMILES string of the molecule is Nc1ccnc(-c2cc(N)nc(N)n2)c1. The molecule has 0 atom stereocenters. The highest BCUT2D eigenvalue weighted by Gasteiger charge is 2.04. The van der Waals surface area contributed by atoms with E-state index in [1.165, 1.54) is 0 Å². The van der Waals surface area contributed by atoms with Crippen LogP contribution in [0.25, 0.3) is 11.4 Å². The van der Waals surface area contributed by atoms with E-state index in [1.54, 1.807) is 24.4 Å². The fourth-order valence-electron chi connectivity index (χ4n) is 1.20. The van der Waals surface area contributed by atoms with Crippen LogP contribution < -0.4 is 17.2 Å². The second-order valence-corrected chi connectivity index (χ2v) is 3.01. The maximum Gasteiger partial charge on any atom is 0.222 e. The Hall–Kier alpha value is -2.37. The van der Waals surface area contributed by atoms with Gasteiger partial charge >= 0.3 is 0 Å². The highest BCUT2D eigenvalue weighted by molar-refractivity contribution is 5.62. The van der Waals surface area contributed by atoms with Crippen LogP contribution in [0.15, 0.2) is 24.4 Å². The van der Waals surface area contributed by atoms with Crippen LogP contribution in [0.4, 0.5) is 17.5 Å². The van der Waals surface area contributed by atoms with Crippen LogP contribution in [0, 0.1) is 0 Å². The number of hydrogen-bond acceptors (Lipinski definition) is 6. The van der Waals surface area contributed by atoms with Gasteiger partial charge in [-0.2, -0.15) is 4.98 Å². The molecule has 0 spiro atoms. The zero-order valence-electron chi connectivity index (χ0n) is 7.88. The zero-order chi connectivity index (χ0) is 10.8. The molecule has 2 rings (SSSR count). The van der Waals surface area contributed by atoms with Crippen molar-refractivity contribution in [2.75, 3.05) is 17.2 Å². The van der Waals surface area contributed by atoms with Crippen molar-refractivity contribution in [2.24, 2.45) is 0 Å². The molecular weight excluding hydrogens is 192 g/mol. The fourth-order valence-corrected chi connectivity index (χ4v) is 1.20. The van der Waals surface area contributed by atoms with Crippen molar-refractivity contribution < 1.29 is 0 Å². The highest BCUT2D eigenvalue weighted by atomic mass is 15.0. The lowest BCUT2D eigenvalue weighted by atomic mass is 10.2. The Morgan fingerprint density at radius 1 is 0.933 bits per heavy atom. The molecule has 0 aromatic carbocycles. The first-order valence-electron chi connectivity index (χ1n) is 4.27. The Labute approximate surface area is 86.2 Å². The predicted octanol–water partition coefficient (Wildman–Crippen LogP) is 0.285. The van der Waals surface area contributed by atoms with Gasteiger partial charge in [0.2, 0.25) is 5.95 Å². The Morgan fingerprint density at radius 2 is 1.73 bits per heavy atom.